The predicted octanol–water partition coefficient (Wildman–Crippen LogP) is 5.49. The number of ether oxygens (including phenoxy) is 1. The molecule has 0 spiro atoms. The van der Waals surface area contributed by atoms with Gasteiger partial charge in [0.15, 0.2) is 6.61 Å². The highest BCUT2D eigenvalue weighted by atomic mass is 35.5. The van der Waals surface area contributed by atoms with Gasteiger partial charge >= 0.3 is 5.97 Å². The highest BCUT2D eigenvalue weighted by molar-refractivity contribution is 6.44. The van der Waals surface area contributed by atoms with Crippen LogP contribution in [0.5, 0.6) is 0 Å². The van der Waals surface area contributed by atoms with E-state index in [2.05, 4.69) is 0 Å². The lowest BCUT2D eigenvalue weighted by molar-refractivity contribution is 0.0475. The molecule has 0 aliphatic carbocycles. The minimum absolute atomic E-state index is 0.142. The maximum Gasteiger partial charge on any atom is 0.338 e. The van der Waals surface area contributed by atoms with Gasteiger partial charge in [-0.2, -0.15) is 0 Å². The second-order valence-corrected chi connectivity index (χ2v) is 8.01. The van der Waals surface area contributed by atoms with E-state index in [0.29, 0.717) is 0 Å². The van der Waals surface area contributed by atoms with E-state index in [-0.39, 0.29) is 43.0 Å². The van der Waals surface area contributed by atoms with Gasteiger partial charge in [-0.1, -0.05) is 46.9 Å². The number of Topliss-reactive ketones (excluding diaryl/α,β-unsaturated/α-hetero) is 1. The first kappa shape index (κ1) is 22.0. The topological polar surface area (TPSA) is 80.8 Å². The summed E-state index contributed by atoms with van der Waals surface area (Å²) >= 11 is 17.9. The van der Waals surface area contributed by atoms with Crippen molar-refractivity contribution in [2.24, 2.45) is 0 Å². The average Bonchev–Trinajstić information content (AvgIpc) is 3.02. The third kappa shape index (κ3) is 4.00. The zero-order valence-corrected chi connectivity index (χ0v) is 18.4. The second-order valence-electron chi connectivity index (χ2n) is 6.78. The van der Waals surface area contributed by atoms with E-state index in [1.165, 1.54) is 42.5 Å². The summed E-state index contributed by atoms with van der Waals surface area (Å²) in [5.74, 6) is -2.28. The minimum atomic E-state index is -0.738. The molecule has 1 heterocycles. The molecule has 160 valence electrons. The Morgan fingerprint density at radius 3 is 1.91 bits per heavy atom. The fraction of sp³-hybridized carbons (Fsp3) is 0.0435. The molecule has 0 radical (unpaired) electrons. The number of carbonyl (C=O) groups is 4. The number of carbonyl (C=O) groups excluding carboxylic acids is 4. The van der Waals surface area contributed by atoms with Crippen molar-refractivity contribution in [2.45, 2.75) is 0 Å². The summed E-state index contributed by atoms with van der Waals surface area (Å²) in [6.45, 7) is -0.482. The van der Waals surface area contributed by atoms with Gasteiger partial charge in [-0.05, 0) is 48.5 Å². The number of rotatable bonds is 5. The van der Waals surface area contributed by atoms with E-state index in [1.807, 2.05) is 0 Å². The number of benzene rings is 3. The molecule has 1 aliphatic rings. The molecular formula is C23H12Cl3NO5. The van der Waals surface area contributed by atoms with Gasteiger partial charge < -0.3 is 4.74 Å². The highest BCUT2D eigenvalue weighted by Crippen LogP contribution is 2.34. The van der Waals surface area contributed by atoms with E-state index in [9.17, 15) is 19.2 Å². The Hall–Kier alpha value is -3.19. The van der Waals surface area contributed by atoms with Crippen molar-refractivity contribution in [3.8, 4) is 0 Å². The molecule has 32 heavy (non-hydrogen) atoms. The Bertz CT molecular complexity index is 1250. The van der Waals surface area contributed by atoms with Crippen LogP contribution < -0.4 is 4.90 Å². The fourth-order valence-electron chi connectivity index (χ4n) is 3.19. The normalized spacial score (nSPS) is 12.7. The quantitative estimate of drug-likeness (QED) is 0.270. The van der Waals surface area contributed by atoms with Gasteiger partial charge in [-0.3, -0.25) is 14.4 Å². The molecule has 0 unspecified atom stereocenters. The monoisotopic (exact) mass is 487 g/mol. The first-order valence-corrected chi connectivity index (χ1v) is 10.3. The Morgan fingerprint density at radius 1 is 0.781 bits per heavy atom. The number of hydrogen-bond donors (Lipinski definition) is 0. The van der Waals surface area contributed by atoms with Gasteiger partial charge in [0.2, 0.25) is 5.78 Å². The zero-order valence-electron chi connectivity index (χ0n) is 16.1. The summed E-state index contributed by atoms with van der Waals surface area (Å²) in [5, 5.41) is 0.595. The molecule has 6 nitrogen and oxygen atoms in total. The number of halogens is 3. The standard InChI is InChI=1S/C23H12Cl3NO5/c24-17-4-2-1-3-14(17)20(28)11-32-23(31)12-5-7-13(8-6-12)27-21(29)15-9-18(25)19(26)10-16(15)22(27)30/h1-10H,11H2. The maximum absolute atomic E-state index is 12.7. The second kappa shape index (κ2) is 8.74. The van der Waals surface area contributed by atoms with E-state index >= 15 is 0 Å². The van der Waals surface area contributed by atoms with Gasteiger partial charge in [0.1, 0.15) is 0 Å². The average molecular weight is 489 g/mol. The van der Waals surface area contributed by atoms with Crippen LogP contribution in [0.15, 0.2) is 60.7 Å². The number of amides is 2. The van der Waals surface area contributed by atoms with E-state index in [0.717, 1.165) is 4.90 Å². The van der Waals surface area contributed by atoms with E-state index in [1.54, 1.807) is 18.2 Å². The Kier molecular flexibility index (Phi) is 6.02. The summed E-state index contributed by atoms with van der Waals surface area (Å²) in [4.78, 5) is 50.8. The summed E-state index contributed by atoms with van der Waals surface area (Å²) in [6, 6.07) is 14.8. The predicted molar refractivity (Wildman–Crippen MR) is 120 cm³/mol. The molecule has 1 aliphatic heterocycles. The van der Waals surface area contributed by atoms with Crippen molar-refractivity contribution in [1.29, 1.82) is 0 Å². The largest absolute Gasteiger partial charge is 0.454 e. The van der Waals surface area contributed by atoms with Crippen molar-refractivity contribution < 1.29 is 23.9 Å². The number of fused-ring (bicyclic) bond motifs is 1. The van der Waals surface area contributed by atoms with Gasteiger partial charge in [0.25, 0.3) is 11.8 Å². The number of esters is 1. The molecule has 0 saturated heterocycles. The zero-order chi connectivity index (χ0) is 23.0. The van der Waals surface area contributed by atoms with Crippen LogP contribution in [0.3, 0.4) is 0 Å². The van der Waals surface area contributed by atoms with Gasteiger partial charge in [-0.25, -0.2) is 9.69 Å². The molecule has 0 fully saturated rings. The number of anilines is 1. The lowest BCUT2D eigenvalue weighted by Crippen LogP contribution is -2.29. The Labute approximate surface area is 197 Å². The van der Waals surface area contributed by atoms with Crippen LogP contribution in [0.1, 0.15) is 41.4 Å². The maximum atomic E-state index is 12.7. The van der Waals surface area contributed by atoms with Crippen molar-refractivity contribution >= 4 is 64.1 Å². The van der Waals surface area contributed by atoms with Crippen LogP contribution in [-0.2, 0) is 4.74 Å². The molecule has 3 aromatic rings. The molecule has 0 atom stereocenters. The SMILES string of the molecule is O=C(OCC(=O)c1ccccc1Cl)c1ccc(N2C(=O)c3cc(Cl)c(Cl)cc3C2=O)cc1. The van der Waals surface area contributed by atoms with E-state index in [4.69, 9.17) is 39.5 Å². The van der Waals surface area contributed by atoms with Crippen molar-refractivity contribution in [1.82, 2.24) is 0 Å². The molecule has 2 amide bonds. The molecule has 3 aromatic carbocycles. The Balaban J connectivity index is 1.47. The van der Waals surface area contributed by atoms with Crippen molar-refractivity contribution in [2.75, 3.05) is 11.5 Å². The van der Waals surface area contributed by atoms with Gasteiger partial charge in [0.05, 0.1) is 37.4 Å². The smallest absolute Gasteiger partial charge is 0.338 e. The summed E-state index contributed by atoms with van der Waals surface area (Å²) in [5.41, 5.74) is 0.940. The lowest BCUT2D eigenvalue weighted by Gasteiger charge is -2.14. The van der Waals surface area contributed by atoms with Crippen LogP contribution in [-0.4, -0.2) is 30.2 Å². The molecule has 0 saturated carbocycles. The first-order valence-electron chi connectivity index (χ1n) is 9.20. The third-order valence-electron chi connectivity index (χ3n) is 4.80. The van der Waals surface area contributed by atoms with Crippen LogP contribution in [0, 0.1) is 0 Å². The van der Waals surface area contributed by atoms with Crippen LogP contribution in [0.4, 0.5) is 5.69 Å². The fourth-order valence-corrected chi connectivity index (χ4v) is 3.76. The summed E-state index contributed by atoms with van der Waals surface area (Å²) < 4.78 is 5.06. The van der Waals surface area contributed by atoms with Crippen LogP contribution in [0.25, 0.3) is 0 Å². The van der Waals surface area contributed by atoms with Gasteiger partial charge in [0, 0.05) is 5.56 Å². The van der Waals surface area contributed by atoms with Crippen LogP contribution in [0.2, 0.25) is 15.1 Å². The van der Waals surface area contributed by atoms with Crippen LogP contribution >= 0.6 is 34.8 Å². The van der Waals surface area contributed by atoms with Crippen molar-refractivity contribution in [3.05, 3.63) is 98.0 Å². The third-order valence-corrected chi connectivity index (χ3v) is 5.85. The minimum Gasteiger partial charge on any atom is -0.454 e. The highest BCUT2D eigenvalue weighted by Gasteiger charge is 2.37. The van der Waals surface area contributed by atoms with E-state index < -0.39 is 30.2 Å². The number of imide groups is 1. The summed E-state index contributed by atoms with van der Waals surface area (Å²) in [7, 11) is 0. The number of hydrogen-bond acceptors (Lipinski definition) is 5. The molecule has 0 N–H and O–H groups in total. The van der Waals surface area contributed by atoms with Gasteiger partial charge in [-0.15, -0.1) is 0 Å². The first-order chi connectivity index (χ1) is 15.3. The molecule has 0 aromatic heterocycles. The summed E-state index contributed by atoms with van der Waals surface area (Å²) in [6.07, 6.45) is 0. The molecule has 0 bridgehead atoms. The van der Waals surface area contributed by atoms with Crippen molar-refractivity contribution in [3.63, 3.8) is 0 Å². The number of nitrogens with zero attached hydrogens (tertiary/aromatic N) is 1. The molecule has 9 heteroatoms. The lowest BCUT2D eigenvalue weighted by atomic mass is 10.1. The Morgan fingerprint density at radius 2 is 1.34 bits per heavy atom. The molecular weight excluding hydrogens is 477 g/mol. The number of ketones is 1. The molecule has 4 rings (SSSR count).